The fraction of sp³-hybridized carbons (Fsp3) is 0.143. The van der Waals surface area contributed by atoms with Crippen LogP contribution in [0.2, 0.25) is 0 Å². The van der Waals surface area contributed by atoms with E-state index in [-0.39, 0.29) is 17.8 Å². The number of phenols is 1. The highest BCUT2D eigenvalue weighted by Crippen LogP contribution is 2.25. The molecule has 0 radical (unpaired) electrons. The molecule has 0 bridgehead atoms. The van der Waals surface area contributed by atoms with Crippen molar-refractivity contribution in [3.05, 3.63) is 58.9 Å². The molecule has 0 heterocycles. The van der Waals surface area contributed by atoms with Crippen LogP contribution in [0.4, 0.5) is 18.9 Å². The van der Waals surface area contributed by atoms with Crippen molar-refractivity contribution >= 4 is 5.69 Å². The first kappa shape index (κ1) is 13.3. The Kier molecular flexibility index (Phi) is 3.64. The predicted molar refractivity (Wildman–Crippen MR) is 66.5 cm³/mol. The van der Waals surface area contributed by atoms with Gasteiger partial charge in [0.25, 0.3) is 0 Å². The van der Waals surface area contributed by atoms with Crippen molar-refractivity contribution in [2.75, 3.05) is 5.32 Å². The fourth-order valence-electron chi connectivity index (χ4n) is 1.70. The molecule has 2 aromatic rings. The Balaban J connectivity index is 2.24. The third-order valence-corrected chi connectivity index (χ3v) is 2.81. The predicted octanol–water partition coefficient (Wildman–Crippen LogP) is 3.73. The molecule has 2 nitrogen and oxygen atoms in total. The summed E-state index contributed by atoms with van der Waals surface area (Å²) < 4.78 is 40.3. The molecule has 0 aliphatic heterocycles. The quantitative estimate of drug-likeness (QED) is 0.888. The Hall–Kier alpha value is -2.17. The van der Waals surface area contributed by atoms with Crippen LogP contribution >= 0.6 is 0 Å². The Morgan fingerprint density at radius 1 is 1.05 bits per heavy atom. The van der Waals surface area contributed by atoms with Gasteiger partial charge in [0.1, 0.15) is 11.5 Å². The van der Waals surface area contributed by atoms with E-state index in [9.17, 15) is 18.3 Å². The molecule has 0 saturated heterocycles. The second kappa shape index (κ2) is 5.22. The van der Waals surface area contributed by atoms with Gasteiger partial charge in [-0.2, -0.15) is 0 Å². The summed E-state index contributed by atoms with van der Waals surface area (Å²) in [5, 5.41) is 12.0. The number of hydrogen-bond acceptors (Lipinski definition) is 2. The van der Waals surface area contributed by atoms with Crippen LogP contribution < -0.4 is 5.32 Å². The van der Waals surface area contributed by atoms with Crippen LogP contribution in [0.3, 0.4) is 0 Å². The number of aromatic hydroxyl groups is 1. The van der Waals surface area contributed by atoms with Gasteiger partial charge in [0.15, 0.2) is 17.4 Å². The lowest BCUT2D eigenvalue weighted by molar-refractivity contribution is 0.426. The maximum atomic E-state index is 13.7. The van der Waals surface area contributed by atoms with E-state index in [4.69, 9.17) is 0 Å². The zero-order valence-corrected chi connectivity index (χ0v) is 10.2. The average Bonchev–Trinajstić information content (AvgIpc) is 2.39. The largest absolute Gasteiger partial charge is 0.505 e. The molecule has 0 atom stereocenters. The Morgan fingerprint density at radius 2 is 1.79 bits per heavy atom. The number of phenolic OH excluding ortho intramolecular Hbond substituents is 1. The average molecular weight is 267 g/mol. The lowest BCUT2D eigenvalue weighted by atomic mass is 10.1. The van der Waals surface area contributed by atoms with Gasteiger partial charge in [-0.1, -0.05) is 18.2 Å². The smallest absolute Gasteiger partial charge is 0.165 e. The zero-order valence-electron chi connectivity index (χ0n) is 10.2. The summed E-state index contributed by atoms with van der Waals surface area (Å²) >= 11 is 0. The van der Waals surface area contributed by atoms with Gasteiger partial charge in [0.2, 0.25) is 0 Å². The first-order chi connectivity index (χ1) is 9.00. The molecule has 0 spiro atoms. The van der Waals surface area contributed by atoms with E-state index in [0.29, 0.717) is 5.56 Å². The Labute approximate surface area is 108 Å². The van der Waals surface area contributed by atoms with E-state index in [1.54, 1.807) is 0 Å². The van der Waals surface area contributed by atoms with Crippen molar-refractivity contribution in [2.24, 2.45) is 0 Å². The topological polar surface area (TPSA) is 32.3 Å². The standard InChI is InChI=1S/C14H12F3NO/c1-8-5-6-10(15)13(12(8)17)18-7-9-3-2-4-11(16)14(9)19/h2-6,18-19H,7H2,1H3. The van der Waals surface area contributed by atoms with Gasteiger partial charge in [0.05, 0.1) is 0 Å². The molecule has 0 unspecified atom stereocenters. The summed E-state index contributed by atoms with van der Waals surface area (Å²) in [6.45, 7) is 1.43. The van der Waals surface area contributed by atoms with E-state index in [1.807, 2.05) is 0 Å². The minimum atomic E-state index is -0.774. The minimum absolute atomic E-state index is 0.0825. The van der Waals surface area contributed by atoms with Crippen LogP contribution in [0, 0.1) is 24.4 Å². The summed E-state index contributed by atoms with van der Waals surface area (Å²) in [5.41, 5.74) is 0.233. The molecule has 2 aromatic carbocycles. The molecule has 0 aliphatic carbocycles. The second-order valence-corrected chi connectivity index (χ2v) is 4.15. The molecule has 2 N–H and O–H groups in total. The summed E-state index contributed by atoms with van der Waals surface area (Å²) in [6.07, 6.45) is 0. The number of nitrogens with one attached hydrogen (secondary N) is 1. The highest BCUT2D eigenvalue weighted by molar-refractivity contribution is 5.50. The molecule has 100 valence electrons. The lowest BCUT2D eigenvalue weighted by Crippen LogP contribution is -2.05. The van der Waals surface area contributed by atoms with Crippen molar-refractivity contribution in [2.45, 2.75) is 13.5 Å². The maximum Gasteiger partial charge on any atom is 0.165 e. The van der Waals surface area contributed by atoms with Crippen molar-refractivity contribution in [3.8, 4) is 5.75 Å². The van der Waals surface area contributed by atoms with Crippen molar-refractivity contribution in [1.82, 2.24) is 0 Å². The van der Waals surface area contributed by atoms with Gasteiger partial charge in [-0.15, -0.1) is 0 Å². The monoisotopic (exact) mass is 267 g/mol. The number of benzene rings is 2. The van der Waals surface area contributed by atoms with Gasteiger partial charge < -0.3 is 10.4 Å². The third-order valence-electron chi connectivity index (χ3n) is 2.81. The molecule has 0 amide bonds. The number of hydrogen-bond donors (Lipinski definition) is 2. The van der Waals surface area contributed by atoms with Gasteiger partial charge >= 0.3 is 0 Å². The minimum Gasteiger partial charge on any atom is -0.505 e. The SMILES string of the molecule is Cc1ccc(F)c(NCc2cccc(F)c2O)c1F. The maximum absolute atomic E-state index is 13.7. The van der Waals surface area contributed by atoms with Crippen LogP contribution in [0.1, 0.15) is 11.1 Å². The molecule has 0 aliphatic rings. The first-order valence-electron chi connectivity index (χ1n) is 5.65. The van der Waals surface area contributed by atoms with Crippen LogP contribution in [-0.4, -0.2) is 5.11 Å². The number of aryl methyl sites for hydroxylation is 1. The molecule has 2 rings (SSSR count). The third kappa shape index (κ3) is 2.65. The van der Waals surface area contributed by atoms with E-state index >= 15 is 0 Å². The summed E-state index contributed by atoms with van der Waals surface area (Å²) in [5.74, 6) is -2.73. The normalized spacial score (nSPS) is 10.5. The van der Waals surface area contributed by atoms with Crippen LogP contribution in [0.25, 0.3) is 0 Å². The van der Waals surface area contributed by atoms with Gasteiger partial charge in [-0.25, -0.2) is 13.2 Å². The molecule has 0 fully saturated rings. The number of halogens is 3. The van der Waals surface area contributed by atoms with Crippen molar-refractivity contribution in [1.29, 1.82) is 0 Å². The van der Waals surface area contributed by atoms with Crippen molar-refractivity contribution < 1.29 is 18.3 Å². The molecule has 0 aromatic heterocycles. The van der Waals surface area contributed by atoms with Crippen LogP contribution in [0.15, 0.2) is 30.3 Å². The van der Waals surface area contributed by atoms with Gasteiger partial charge in [0, 0.05) is 12.1 Å². The van der Waals surface area contributed by atoms with Crippen molar-refractivity contribution in [3.63, 3.8) is 0 Å². The number of para-hydroxylation sites is 1. The molecular weight excluding hydrogens is 255 g/mol. The highest BCUT2D eigenvalue weighted by atomic mass is 19.1. The molecule has 19 heavy (non-hydrogen) atoms. The first-order valence-corrected chi connectivity index (χ1v) is 5.65. The molecule has 5 heteroatoms. The summed E-state index contributed by atoms with van der Waals surface area (Å²) in [4.78, 5) is 0. The van der Waals surface area contributed by atoms with E-state index in [0.717, 1.165) is 12.1 Å². The van der Waals surface area contributed by atoms with Gasteiger partial charge in [-0.3, -0.25) is 0 Å². The lowest BCUT2D eigenvalue weighted by Gasteiger charge is -2.11. The van der Waals surface area contributed by atoms with Crippen LogP contribution in [0.5, 0.6) is 5.75 Å². The highest BCUT2D eigenvalue weighted by Gasteiger charge is 2.12. The summed E-state index contributed by atoms with van der Waals surface area (Å²) in [7, 11) is 0. The molecular formula is C14H12F3NO. The number of anilines is 1. The fourth-order valence-corrected chi connectivity index (χ4v) is 1.70. The number of rotatable bonds is 3. The second-order valence-electron chi connectivity index (χ2n) is 4.15. The Morgan fingerprint density at radius 3 is 2.53 bits per heavy atom. The van der Waals surface area contributed by atoms with E-state index < -0.39 is 23.2 Å². The van der Waals surface area contributed by atoms with Crippen LogP contribution in [-0.2, 0) is 6.54 Å². The van der Waals surface area contributed by atoms with Gasteiger partial charge in [-0.05, 0) is 24.6 Å². The van der Waals surface area contributed by atoms with E-state index in [1.165, 1.54) is 25.1 Å². The van der Waals surface area contributed by atoms with E-state index in [2.05, 4.69) is 5.32 Å². The zero-order chi connectivity index (χ0) is 14.0. The Bertz CT molecular complexity index is 614. The summed E-state index contributed by atoms with van der Waals surface area (Å²) in [6, 6.07) is 6.46. The molecule has 0 saturated carbocycles.